The van der Waals surface area contributed by atoms with Crippen molar-refractivity contribution >= 4 is 28.8 Å². The van der Waals surface area contributed by atoms with E-state index in [1.165, 1.54) is 0 Å². The molecule has 3 rings (SSSR count). The van der Waals surface area contributed by atoms with Crippen LogP contribution >= 0.6 is 12.2 Å². The number of thiocarbonyl (C=S) groups is 1. The quantitative estimate of drug-likeness (QED) is 0.721. The Bertz CT molecular complexity index is 787. The topological polar surface area (TPSA) is 60.0 Å². The van der Waals surface area contributed by atoms with Crippen LogP contribution in [0.15, 0.2) is 48.5 Å². The first kappa shape index (κ1) is 20.1. The lowest BCUT2D eigenvalue weighted by molar-refractivity contribution is -0.118. The van der Waals surface area contributed by atoms with Gasteiger partial charge in [0.1, 0.15) is 16.5 Å². The summed E-state index contributed by atoms with van der Waals surface area (Å²) in [5.41, 5.74) is 1.66. The largest absolute Gasteiger partial charge is 0.494 e. The van der Waals surface area contributed by atoms with Gasteiger partial charge in [0.25, 0.3) is 5.91 Å². The summed E-state index contributed by atoms with van der Waals surface area (Å²) in [5.74, 6) is 1.17. The molecule has 1 fully saturated rings. The molecule has 0 radical (unpaired) electrons. The third-order valence-corrected chi connectivity index (χ3v) is 4.71. The SMILES string of the molecule is CCOc1ccc(NC(=O)COc2ccc(C(=S)N3CCOCC3)cc2)cc1. The van der Waals surface area contributed by atoms with Crippen LogP contribution < -0.4 is 14.8 Å². The van der Waals surface area contributed by atoms with E-state index in [4.69, 9.17) is 26.4 Å². The first-order valence-electron chi connectivity index (χ1n) is 9.28. The van der Waals surface area contributed by atoms with Gasteiger partial charge in [0, 0.05) is 24.3 Å². The van der Waals surface area contributed by atoms with Crippen LogP contribution in [-0.4, -0.2) is 55.3 Å². The van der Waals surface area contributed by atoms with Crippen LogP contribution in [-0.2, 0) is 9.53 Å². The molecule has 0 spiro atoms. The molecule has 7 heteroatoms. The van der Waals surface area contributed by atoms with Crippen molar-refractivity contribution in [2.24, 2.45) is 0 Å². The lowest BCUT2D eigenvalue weighted by Gasteiger charge is -2.29. The van der Waals surface area contributed by atoms with Crippen molar-refractivity contribution in [3.63, 3.8) is 0 Å². The molecule has 1 N–H and O–H groups in total. The Kier molecular flexibility index (Phi) is 7.22. The van der Waals surface area contributed by atoms with E-state index in [1.54, 1.807) is 12.1 Å². The maximum Gasteiger partial charge on any atom is 0.262 e. The molecule has 1 aliphatic heterocycles. The monoisotopic (exact) mass is 400 g/mol. The van der Waals surface area contributed by atoms with Crippen molar-refractivity contribution in [1.82, 2.24) is 4.90 Å². The fourth-order valence-corrected chi connectivity index (χ4v) is 3.11. The molecule has 1 saturated heterocycles. The van der Waals surface area contributed by atoms with Crippen LogP contribution in [0.5, 0.6) is 11.5 Å². The normalized spacial score (nSPS) is 13.7. The summed E-state index contributed by atoms with van der Waals surface area (Å²) in [4.78, 5) is 15.0. The smallest absolute Gasteiger partial charge is 0.262 e. The van der Waals surface area contributed by atoms with E-state index >= 15 is 0 Å². The van der Waals surface area contributed by atoms with Gasteiger partial charge in [0.2, 0.25) is 0 Å². The molecule has 148 valence electrons. The summed E-state index contributed by atoms with van der Waals surface area (Å²) in [7, 11) is 0. The number of nitrogens with one attached hydrogen (secondary N) is 1. The summed E-state index contributed by atoms with van der Waals surface area (Å²) < 4.78 is 16.3. The molecule has 0 bridgehead atoms. The zero-order valence-corrected chi connectivity index (χ0v) is 16.7. The molecule has 1 aliphatic rings. The van der Waals surface area contributed by atoms with Crippen LogP contribution in [0, 0.1) is 0 Å². The van der Waals surface area contributed by atoms with Crippen LogP contribution in [0.1, 0.15) is 12.5 Å². The summed E-state index contributed by atoms with van der Waals surface area (Å²) >= 11 is 5.54. The Balaban J connectivity index is 1.47. The number of ether oxygens (including phenoxy) is 3. The van der Waals surface area contributed by atoms with Crippen molar-refractivity contribution in [3.8, 4) is 11.5 Å². The number of morpholine rings is 1. The number of benzene rings is 2. The maximum atomic E-state index is 12.1. The van der Waals surface area contributed by atoms with E-state index < -0.39 is 0 Å². The second-order valence-corrected chi connectivity index (χ2v) is 6.61. The van der Waals surface area contributed by atoms with Crippen molar-refractivity contribution in [1.29, 1.82) is 0 Å². The molecule has 0 unspecified atom stereocenters. The van der Waals surface area contributed by atoms with Gasteiger partial charge in [-0.1, -0.05) is 12.2 Å². The summed E-state index contributed by atoms with van der Waals surface area (Å²) in [6, 6.07) is 14.7. The second kappa shape index (κ2) is 10.1. The van der Waals surface area contributed by atoms with Crippen LogP contribution in [0.25, 0.3) is 0 Å². The molecule has 0 saturated carbocycles. The first-order valence-corrected chi connectivity index (χ1v) is 9.69. The second-order valence-electron chi connectivity index (χ2n) is 6.22. The Morgan fingerprint density at radius 1 is 1.04 bits per heavy atom. The number of nitrogens with zero attached hydrogens (tertiary/aromatic N) is 1. The zero-order valence-electron chi connectivity index (χ0n) is 15.8. The van der Waals surface area contributed by atoms with E-state index in [0.29, 0.717) is 31.3 Å². The van der Waals surface area contributed by atoms with E-state index in [1.807, 2.05) is 43.3 Å². The van der Waals surface area contributed by atoms with Crippen molar-refractivity contribution in [2.45, 2.75) is 6.92 Å². The molecule has 1 amide bonds. The van der Waals surface area contributed by atoms with Gasteiger partial charge in [-0.05, 0) is 55.5 Å². The summed E-state index contributed by atoms with van der Waals surface area (Å²) in [6.07, 6.45) is 0. The molecule has 0 atom stereocenters. The number of hydrogen-bond donors (Lipinski definition) is 1. The van der Waals surface area contributed by atoms with E-state index in [2.05, 4.69) is 10.2 Å². The highest BCUT2D eigenvalue weighted by atomic mass is 32.1. The number of rotatable bonds is 7. The fraction of sp³-hybridized carbons (Fsp3) is 0.333. The van der Waals surface area contributed by atoms with Gasteiger partial charge in [-0.15, -0.1) is 0 Å². The van der Waals surface area contributed by atoms with E-state index in [9.17, 15) is 4.79 Å². The molecule has 28 heavy (non-hydrogen) atoms. The summed E-state index contributed by atoms with van der Waals surface area (Å²) in [5, 5.41) is 2.80. The minimum absolute atomic E-state index is 0.0690. The van der Waals surface area contributed by atoms with Gasteiger partial charge in [-0.2, -0.15) is 0 Å². The van der Waals surface area contributed by atoms with Crippen molar-refractivity contribution in [2.75, 3.05) is 44.8 Å². The Hall–Kier alpha value is -2.64. The van der Waals surface area contributed by atoms with Crippen molar-refractivity contribution in [3.05, 3.63) is 54.1 Å². The van der Waals surface area contributed by atoms with E-state index in [0.717, 1.165) is 29.4 Å². The number of carbonyl (C=O) groups excluding carboxylic acids is 1. The molecule has 0 aliphatic carbocycles. The minimum Gasteiger partial charge on any atom is -0.494 e. The number of hydrogen-bond acceptors (Lipinski definition) is 5. The zero-order chi connectivity index (χ0) is 19.8. The van der Waals surface area contributed by atoms with Crippen LogP contribution in [0.4, 0.5) is 5.69 Å². The third-order valence-electron chi connectivity index (χ3n) is 4.22. The molecular formula is C21H24N2O4S. The average molecular weight is 401 g/mol. The number of carbonyl (C=O) groups is 1. The third kappa shape index (κ3) is 5.68. The molecule has 0 aromatic heterocycles. The predicted octanol–water partition coefficient (Wildman–Crippen LogP) is 3.11. The standard InChI is InChI=1S/C21H24N2O4S/c1-2-26-18-9-5-17(6-10-18)22-20(24)15-27-19-7-3-16(4-8-19)21(28)23-11-13-25-14-12-23/h3-10H,2,11-15H2,1H3,(H,22,24). The highest BCUT2D eigenvalue weighted by molar-refractivity contribution is 7.80. The fourth-order valence-electron chi connectivity index (χ4n) is 2.79. The predicted molar refractivity (Wildman–Crippen MR) is 112 cm³/mol. The van der Waals surface area contributed by atoms with Gasteiger partial charge in [0.05, 0.1) is 19.8 Å². The highest BCUT2D eigenvalue weighted by Crippen LogP contribution is 2.17. The minimum atomic E-state index is -0.225. The lowest BCUT2D eigenvalue weighted by atomic mass is 10.2. The van der Waals surface area contributed by atoms with Crippen molar-refractivity contribution < 1.29 is 19.0 Å². The highest BCUT2D eigenvalue weighted by Gasteiger charge is 2.15. The van der Waals surface area contributed by atoms with Gasteiger partial charge in [-0.3, -0.25) is 4.79 Å². The molecule has 2 aromatic rings. The maximum absolute atomic E-state index is 12.1. The van der Waals surface area contributed by atoms with Crippen LogP contribution in [0.3, 0.4) is 0 Å². The molecular weight excluding hydrogens is 376 g/mol. The van der Waals surface area contributed by atoms with Gasteiger partial charge < -0.3 is 24.4 Å². The lowest BCUT2D eigenvalue weighted by Crippen LogP contribution is -2.40. The average Bonchev–Trinajstić information content (AvgIpc) is 2.74. The number of anilines is 1. The molecule has 6 nitrogen and oxygen atoms in total. The molecule has 2 aromatic carbocycles. The first-order chi connectivity index (χ1) is 13.7. The number of amides is 1. The molecule has 1 heterocycles. The Labute approximate surface area is 170 Å². The Morgan fingerprint density at radius 3 is 2.29 bits per heavy atom. The van der Waals surface area contributed by atoms with Gasteiger partial charge in [0.15, 0.2) is 6.61 Å². The van der Waals surface area contributed by atoms with Crippen LogP contribution in [0.2, 0.25) is 0 Å². The van der Waals surface area contributed by atoms with E-state index in [-0.39, 0.29) is 12.5 Å². The Morgan fingerprint density at radius 2 is 1.64 bits per heavy atom. The van der Waals surface area contributed by atoms with Gasteiger partial charge in [-0.25, -0.2) is 0 Å². The van der Waals surface area contributed by atoms with Gasteiger partial charge >= 0.3 is 0 Å². The summed E-state index contributed by atoms with van der Waals surface area (Å²) in [6.45, 7) is 5.48.